The van der Waals surface area contributed by atoms with Gasteiger partial charge in [0.1, 0.15) is 0 Å². The number of carbonyl (C=O) groups is 2. The molecule has 2 atom stereocenters. The van der Waals surface area contributed by atoms with Crippen LogP contribution in [0.2, 0.25) is 0 Å². The fraction of sp³-hybridized carbons (Fsp3) is 0.395. The Balaban J connectivity index is 1.30. The number of non-ortho nitro benzene ring substituents is 1. The first kappa shape index (κ1) is 35.6. The molecule has 1 fully saturated rings. The number of benzene rings is 3. The van der Waals surface area contributed by atoms with Gasteiger partial charge in [-0.05, 0) is 62.0 Å². The molecular weight excluding hydrogens is 620 g/mol. The van der Waals surface area contributed by atoms with E-state index in [-0.39, 0.29) is 35.8 Å². The molecule has 5 N–H and O–H groups in total. The molecular formula is C38H46N6O5. The summed E-state index contributed by atoms with van der Waals surface area (Å²) in [6.45, 7) is 5.55. The van der Waals surface area contributed by atoms with Gasteiger partial charge in [0.05, 0.1) is 29.8 Å². The molecule has 2 heterocycles. The molecule has 5 rings (SSSR count). The number of aliphatic imine (C=N–C) groups is 1. The van der Waals surface area contributed by atoms with Gasteiger partial charge in [0.2, 0.25) is 11.8 Å². The predicted molar refractivity (Wildman–Crippen MR) is 190 cm³/mol. The van der Waals surface area contributed by atoms with Gasteiger partial charge in [-0.25, -0.2) is 0 Å². The maximum atomic E-state index is 14.0. The quantitative estimate of drug-likeness (QED) is 0.122. The molecule has 0 spiro atoms. The third-order valence-corrected chi connectivity index (χ3v) is 9.77. The molecule has 0 saturated carbocycles. The molecule has 258 valence electrons. The summed E-state index contributed by atoms with van der Waals surface area (Å²) in [6, 6.07) is 27.4. The van der Waals surface area contributed by atoms with Crippen molar-refractivity contribution < 1.29 is 19.2 Å². The highest BCUT2D eigenvalue weighted by molar-refractivity contribution is 6.09. The Morgan fingerprint density at radius 1 is 1.00 bits per heavy atom. The summed E-state index contributed by atoms with van der Waals surface area (Å²) in [6.07, 6.45) is 3.15. The summed E-state index contributed by atoms with van der Waals surface area (Å²) in [5.41, 5.74) is 15.9. The smallest absolute Gasteiger partial charge is 0.269 e. The minimum Gasteiger partial charge on any atom is -0.374 e. The minimum absolute atomic E-state index is 0.0246. The van der Waals surface area contributed by atoms with Crippen LogP contribution in [-0.4, -0.2) is 73.3 Å². The summed E-state index contributed by atoms with van der Waals surface area (Å²) in [7, 11) is 0. The standard InChI is InChI=1S/C38H46N6O5/c1-2-31-34(36(40)45)33(27-14-16-30(17-15-27)44(47)48)35(32(42-31)26-49-25-20-39)37(46)41-21-9-22-43-23-18-38(19-24-43,28-10-5-3-6-11-28)29-12-7-4-8-13-29/h3-8,10-17,33-34H,2,9,18-26,39H2,1H3,(H2,40,45)(H,41,46)/t33-,34?/m0/s1. The number of primary amides is 1. The van der Waals surface area contributed by atoms with Crippen LogP contribution in [0.15, 0.2) is 101 Å². The fourth-order valence-corrected chi connectivity index (χ4v) is 7.28. The molecule has 2 aliphatic rings. The Morgan fingerprint density at radius 2 is 1.61 bits per heavy atom. The number of nitro benzene ring substituents is 1. The van der Waals surface area contributed by atoms with E-state index >= 15 is 0 Å². The van der Waals surface area contributed by atoms with Gasteiger partial charge in [-0.1, -0.05) is 79.7 Å². The fourth-order valence-electron chi connectivity index (χ4n) is 7.28. The van der Waals surface area contributed by atoms with E-state index in [0.717, 1.165) is 38.9 Å². The molecule has 3 aromatic rings. The van der Waals surface area contributed by atoms with Crippen molar-refractivity contribution in [2.75, 3.05) is 45.9 Å². The number of nitrogens with two attached hydrogens (primary N) is 2. The number of ether oxygens (including phenoxy) is 1. The van der Waals surface area contributed by atoms with Gasteiger partial charge < -0.3 is 26.4 Å². The lowest BCUT2D eigenvalue weighted by Crippen LogP contribution is -2.44. The number of nitrogens with zero attached hydrogens (tertiary/aromatic N) is 3. The average molecular weight is 667 g/mol. The van der Waals surface area contributed by atoms with Gasteiger partial charge in [-0.3, -0.25) is 24.7 Å². The molecule has 49 heavy (non-hydrogen) atoms. The SMILES string of the molecule is CCC1=NC(COCCN)=C(C(=O)NCCCN2CCC(c3ccccc3)(c3ccccc3)CC2)[C@@H](c2ccc([N+](=O)[O-])cc2)C1C(N)=O. The Bertz CT molecular complexity index is 1610. The van der Waals surface area contributed by atoms with Crippen LogP contribution in [0, 0.1) is 16.0 Å². The molecule has 11 heteroatoms. The Labute approximate surface area is 287 Å². The van der Waals surface area contributed by atoms with E-state index in [9.17, 15) is 19.7 Å². The van der Waals surface area contributed by atoms with Crippen LogP contribution in [0.25, 0.3) is 0 Å². The van der Waals surface area contributed by atoms with Gasteiger partial charge in [-0.2, -0.15) is 0 Å². The van der Waals surface area contributed by atoms with Crippen LogP contribution < -0.4 is 16.8 Å². The normalized spacial score (nSPS) is 19.3. The van der Waals surface area contributed by atoms with Crippen molar-refractivity contribution in [3.63, 3.8) is 0 Å². The number of piperidine rings is 1. The third-order valence-electron chi connectivity index (χ3n) is 9.77. The van der Waals surface area contributed by atoms with Crippen LogP contribution in [0.4, 0.5) is 5.69 Å². The highest BCUT2D eigenvalue weighted by Crippen LogP contribution is 2.42. The number of carbonyl (C=O) groups excluding carboxylic acids is 2. The van der Waals surface area contributed by atoms with E-state index < -0.39 is 22.7 Å². The van der Waals surface area contributed by atoms with Crippen LogP contribution in [0.3, 0.4) is 0 Å². The van der Waals surface area contributed by atoms with Crippen molar-refractivity contribution in [2.45, 2.75) is 43.9 Å². The minimum atomic E-state index is -0.895. The highest BCUT2D eigenvalue weighted by atomic mass is 16.6. The van der Waals surface area contributed by atoms with Crippen molar-refractivity contribution in [2.24, 2.45) is 22.4 Å². The van der Waals surface area contributed by atoms with Gasteiger partial charge in [0, 0.05) is 47.8 Å². The number of nitro groups is 1. The summed E-state index contributed by atoms with van der Waals surface area (Å²) >= 11 is 0. The van der Waals surface area contributed by atoms with E-state index in [2.05, 4.69) is 70.9 Å². The van der Waals surface area contributed by atoms with Crippen molar-refractivity contribution in [1.82, 2.24) is 10.2 Å². The number of hydrogen-bond acceptors (Lipinski definition) is 8. The van der Waals surface area contributed by atoms with Crippen molar-refractivity contribution in [1.29, 1.82) is 0 Å². The first-order valence-electron chi connectivity index (χ1n) is 17.0. The Kier molecular flexibility index (Phi) is 12.1. The first-order chi connectivity index (χ1) is 23.8. The second kappa shape index (κ2) is 16.6. The average Bonchev–Trinajstić information content (AvgIpc) is 3.13. The number of amides is 2. The molecule has 0 aliphatic carbocycles. The van der Waals surface area contributed by atoms with Gasteiger partial charge >= 0.3 is 0 Å². The van der Waals surface area contributed by atoms with Gasteiger partial charge in [0.25, 0.3) is 5.69 Å². The van der Waals surface area contributed by atoms with Crippen LogP contribution >= 0.6 is 0 Å². The predicted octanol–water partition coefficient (Wildman–Crippen LogP) is 4.46. The molecule has 3 aromatic carbocycles. The van der Waals surface area contributed by atoms with E-state index in [4.69, 9.17) is 21.2 Å². The maximum Gasteiger partial charge on any atom is 0.269 e. The molecule has 2 amide bonds. The molecule has 0 aromatic heterocycles. The second-order valence-corrected chi connectivity index (χ2v) is 12.6. The Morgan fingerprint density at radius 3 is 2.14 bits per heavy atom. The summed E-state index contributed by atoms with van der Waals surface area (Å²) in [5, 5.41) is 14.4. The third kappa shape index (κ3) is 8.13. The van der Waals surface area contributed by atoms with Crippen LogP contribution in [-0.2, 0) is 19.7 Å². The lowest BCUT2D eigenvalue weighted by atomic mass is 9.68. The van der Waals surface area contributed by atoms with Crippen molar-refractivity contribution >= 4 is 23.2 Å². The molecule has 1 unspecified atom stereocenters. The van der Waals surface area contributed by atoms with Crippen LogP contribution in [0.5, 0.6) is 0 Å². The molecule has 0 bridgehead atoms. The van der Waals surface area contributed by atoms with Crippen molar-refractivity contribution in [3.8, 4) is 0 Å². The number of likely N-dealkylation sites (tertiary alicyclic amines) is 1. The zero-order valence-corrected chi connectivity index (χ0v) is 28.1. The first-order valence-corrected chi connectivity index (χ1v) is 17.0. The van der Waals surface area contributed by atoms with Gasteiger partial charge in [0.15, 0.2) is 0 Å². The zero-order valence-electron chi connectivity index (χ0n) is 28.1. The lowest BCUT2D eigenvalue weighted by Gasteiger charge is -2.43. The van der Waals surface area contributed by atoms with E-state index in [1.807, 2.05) is 6.92 Å². The second-order valence-electron chi connectivity index (χ2n) is 12.6. The monoisotopic (exact) mass is 666 g/mol. The topological polar surface area (TPSA) is 166 Å². The molecule has 11 nitrogen and oxygen atoms in total. The van der Waals surface area contributed by atoms with Crippen molar-refractivity contribution in [3.05, 3.63) is 123 Å². The van der Waals surface area contributed by atoms with E-state index in [0.29, 0.717) is 36.5 Å². The zero-order chi connectivity index (χ0) is 34.8. The summed E-state index contributed by atoms with van der Waals surface area (Å²) < 4.78 is 5.73. The summed E-state index contributed by atoms with van der Waals surface area (Å²) in [5.74, 6) is -2.67. The number of hydrogen-bond donors (Lipinski definition) is 3. The Hall–Kier alpha value is -4.71. The summed E-state index contributed by atoms with van der Waals surface area (Å²) in [4.78, 5) is 45.0. The lowest BCUT2D eigenvalue weighted by molar-refractivity contribution is -0.384. The largest absolute Gasteiger partial charge is 0.374 e. The van der Waals surface area contributed by atoms with Crippen LogP contribution in [0.1, 0.15) is 55.2 Å². The van der Waals surface area contributed by atoms with E-state index in [1.54, 1.807) is 12.1 Å². The maximum absolute atomic E-state index is 14.0. The molecule has 0 radical (unpaired) electrons. The number of rotatable bonds is 15. The molecule has 2 aliphatic heterocycles. The van der Waals surface area contributed by atoms with E-state index in [1.165, 1.54) is 23.3 Å². The highest BCUT2D eigenvalue weighted by Gasteiger charge is 2.42. The van der Waals surface area contributed by atoms with Gasteiger partial charge in [-0.15, -0.1) is 0 Å². The molecule has 1 saturated heterocycles. The number of nitrogens with one attached hydrogen (secondary N) is 1.